The molecule has 37 heavy (non-hydrogen) atoms. The monoisotopic (exact) mass is 512 g/mol. The number of rotatable bonds is 7. The number of hydrogen-bond acceptors (Lipinski definition) is 4. The molecule has 4 rings (SSSR count). The fraction of sp³-hybridized carbons (Fsp3) is 0.0968. The van der Waals surface area contributed by atoms with E-state index in [0.29, 0.717) is 22.3 Å². The first kappa shape index (κ1) is 25.8. The predicted octanol–water partition coefficient (Wildman–Crippen LogP) is 5.48. The van der Waals surface area contributed by atoms with Crippen molar-refractivity contribution in [1.82, 2.24) is 0 Å². The van der Waals surface area contributed by atoms with Crippen molar-refractivity contribution in [2.75, 3.05) is 0 Å². The van der Waals surface area contributed by atoms with E-state index in [1.807, 2.05) is 97.1 Å². The normalized spacial score (nSPS) is 10.5. The lowest BCUT2D eigenvalue weighted by atomic mass is 10.2. The molecule has 0 aliphatic rings. The Morgan fingerprint density at radius 2 is 0.730 bits per heavy atom. The van der Waals surface area contributed by atoms with E-state index in [1.165, 1.54) is 0 Å². The Hall–Kier alpha value is -4.30. The first-order chi connectivity index (χ1) is 18.2. The van der Waals surface area contributed by atoms with Gasteiger partial charge < -0.3 is 0 Å². The molecule has 176 valence electrons. The largest absolute Gasteiger partial charge is 0.192 e. The van der Waals surface area contributed by atoms with E-state index < -0.39 is 15.8 Å². The third-order valence-electron chi connectivity index (χ3n) is 6.10. The van der Waals surface area contributed by atoms with Crippen LogP contribution < -0.4 is 21.2 Å². The van der Waals surface area contributed by atoms with Gasteiger partial charge in [0.25, 0.3) is 0 Å². The zero-order chi connectivity index (χ0) is 26.2. The van der Waals surface area contributed by atoms with Gasteiger partial charge in [0.15, 0.2) is 0 Å². The standard InChI is InChI=1S/C31H22N4P2/c1-2-31(36(27-15-7-3-11-23(27)19-32)28-16-8-4-12-24(28)20-33)37(29-17-9-5-13-25(29)21-34)30-18-10-6-14-26(30)22-35/h3-18,31H,2H2,1H3. The van der Waals surface area contributed by atoms with Crippen LogP contribution in [0, 0.1) is 45.3 Å². The summed E-state index contributed by atoms with van der Waals surface area (Å²) >= 11 is 0. The average molecular weight is 512 g/mol. The van der Waals surface area contributed by atoms with Gasteiger partial charge in [0, 0.05) is 5.40 Å². The number of hydrogen-bond donors (Lipinski definition) is 0. The van der Waals surface area contributed by atoms with E-state index in [2.05, 4.69) is 31.2 Å². The number of benzene rings is 4. The molecular weight excluding hydrogens is 490 g/mol. The Labute approximate surface area is 220 Å². The van der Waals surface area contributed by atoms with Gasteiger partial charge in [-0.2, -0.15) is 21.0 Å². The first-order valence-electron chi connectivity index (χ1n) is 11.7. The molecule has 0 unspecified atom stereocenters. The van der Waals surface area contributed by atoms with Gasteiger partial charge in [0.05, 0.1) is 46.5 Å². The molecule has 0 spiro atoms. The highest BCUT2D eigenvalue weighted by Gasteiger charge is 2.36. The molecule has 0 saturated carbocycles. The van der Waals surface area contributed by atoms with Crippen molar-refractivity contribution in [2.24, 2.45) is 0 Å². The lowest BCUT2D eigenvalue weighted by Crippen LogP contribution is -2.30. The SMILES string of the molecule is CCC(P(c1ccccc1C#N)c1ccccc1C#N)P(c1ccccc1C#N)c1ccccc1C#N. The minimum Gasteiger partial charge on any atom is -0.192 e. The third-order valence-corrected chi connectivity index (χ3v) is 13.0. The highest BCUT2D eigenvalue weighted by atomic mass is 31.2. The molecule has 0 amide bonds. The van der Waals surface area contributed by atoms with Crippen molar-refractivity contribution < 1.29 is 0 Å². The molecule has 0 aromatic heterocycles. The highest BCUT2D eigenvalue weighted by Crippen LogP contribution is 2.59. The summed E-state index contributed by atoms with van der Waals surface area (Å²) in [5.74, 6) is 0. The molecule has 4 aromatic rings. The van der Waals surface area contributed by atoms with Crippen molar-refractivity contribution in [1.29, 1.82) is 21.0 Å². The van der Waals surface area contributed by atoms with E-state index in [1.54, 1.807) is 0 Å². The molecule has 0 aliphatic heterocycles. The summed E-state index contributed by atoms with van der Waals surface area (Å²) in [6, 6.07) is 39.8. The molecule has 0 N–H and O–H groups in total. The van der Waals surface area contributed by atoms with Crippen LogP contribution in [-0.4, -0.2) is 5.40 Å². The van der Waals surface area contributed by atoms with E-state index in [0.717, 1.165) is 27.6 Å². The van der Waals surface area contributed by atoms with Crippen LogP contribution in [0.4, 0.5) is 0 Å². The van der Waals surface area contributed by atoms with E-state index >= 15 is 0 Å². The maximum atomic E-state index is 10.0. The van der Waals surface area contributed by atoms with Crippen molar-refractivity contribution in [3.63, 3.8) is 0 Å². The Balaban J connectivity index is 2.10. The molecule has 0 aliphatic carbocycles. The molecule has 0 heterocycles. The van der Waals surface area contributed by atoms with Gasteiger partial charge in [0.1, 0.15) is 0 Å². The molecule has 0 saturated heterocycles. The molecule has 0 bridgehead atoms. The molecule has 0 radical (unpaired) electrons. The van der Waals surface area contributed by atoms with Gasteiger partial charge in [-0.3, -0.25) is 0 Å². The van der Waals surface area contributed by atoms with Gasteiger partial charge in [-0.1, -0.05) is 79.7 Å². The second kappa shape index (κ2) is 12.1. The van der Waals surface area contributed by atoms with Crippen molar-refractivity contribution >= 4 is 37.1 Å². The lowest BCUT2D eigenvalue weighted by molar-refractivity contribution is 1.04. The zero-order valence-electron chi connectivity index (χ0n) is 20.2. The van der Waals surface area contributed by atoms with Gasteiger partial charge in [-0.15, -0.1) is 0 Å². The van der Waals surface area contributed by atoms with Crippen LogP contribution in [0.15, 0.2) is 97.1 Å². The summed E-state index contributed by atoms with van der Waals surface area (Å²) in [5, 5.41) is 43.8. The average Bonchev–Trinajstić information content (AvgIpc) is 2.97. The van der Waals surface area contributed by atoms with Crippen molar-refractivity contribution in [3.8, 4) is 24.3 Å². The van der Waals surface area contributed by atoms with Crippen LogP contribution in [0.1, 0.15) is 35.6 Å². The zero-order valence-corrected chi connectivity index (χ0v) is 22.0. The lowest BCUT2D eigenvalue weighted by Gasteiger charge is -2.36. The van der Waals surface area contributed by atoms with Gasteiger partial charge in [-0.05, 0) is 67.7 Å². The predicted molar refractivity (Wildman–Crippen MR) is 151 cm³/mol. The minimum absolute atomic E-state index is 0.0435. The maximum absolute atomic E-state index is 10.0. The van der Waals surface area contributed by atoms with Gasteiger partial charge in [-0.25, -0.2) is 0 Å². The first-order valence-corrected chi connectivity index (χ1v) is 14.6. The summed E-state index contributed by atoms with van der Waals surface area (Å²) < 4.78 is 0. The van der Waals surface area contributed by atoms with Crippen LogP contribution in [0.25, 0.3) is 0 Å². The highest BCUT2D eigenvalue weighted by molar-refractivity contribution is 7.89. The Morgan fingerprint density at radius 3 is 0.946 bits per heavy atom. The fourth-order valence-electron chi connectivity index (χ4n) is 4.50. The quantitative estimate of drug-likeness (QED) is 0.307. The van der Waals surface area contributed by atoms with Crippen LogP contribution in [0.2, 0.25) is 0 Å². The van der Waals surface area contributed by atoms with Crippen molar-refractivity contribution in [3.05, 3.63) is 119 Å². The smallest absolute Gasteiger partial charge is 0.0998 e. The maximum Gasteiger partial charge on any atom is 0.0998 e. The molecule has 4 aromatic carbocycles. The fourth-order valence-corrected chi connectivity index (χ4v) is 12.0. The topological polar surface area (TPSA) is 95.2 Å². The number of nitrogens with zero attached hydrogens (tertiary/aromatic N) is 4. The molecule has 4 nitrogen and oxygen atoms in total. The molecule has 0 atom stereocenters. The van der Waals surface area contributed by atoms with Crippen molar-refractivity contribution in [2.45, 2.75) is 18.7 Å². The Morgan fingerprint density at radius 1 is 0.486 bits per heavy atom. The Bertz CT molecular complexity index is 1370. The minimum atomic E-state index is -1.22. The van der Waals surface area contributed by atoms with Gasteiger partial charge in [0.2, 0.25) is 0 Å². The van der Waals surface area contributed by atoms with E-state index in [4.69, 9.17) is 0 Å². The third kappa shape index (κ3) is 5.15. The second-order valence-electron chi connectivity index (χ2n) is 8.14. The second-order valence-corrected chi connectivity index (χ2v) is 13.2. The summed E-state index contributed by atoms with van der Waals surface area (Å²) in [6.07, 6.45) is 0.733. The van der Waals surface area contributed by atoms with E-state index in [9.17, 15) is 21.0 Å². The molecule has 0 fully saturated rings. The molecular formula is C31H22N4P2. The van der Waals surface area contributed by atoms with Crippen LogP contribution >= 0.6 is 15.8 Å². The summed E-state index contributed by atoms with van der Waals surface area (Å²) in [4.78, 5) is 0. The summed E-state index contributed by atoms with van der Waals surface area (Å²) in [5.41, 5.74) is 2.32. The van der Waals surface area contributed by atoms with Gasteiger partial charge >= 0.3 is 0 Å². The van der Waals surface area contributed by atoms with Crippen LogP contribution in [0.3, 0.4) is 0 Å². The summed E-state index contributed by atoms with van der Waals surface area (Å²) in [7, 11) is -2.45. The molecule has 6 heteroatoms. The van der Waals surface area contributed by atoms with Crippen LogP contribution in [-0.2, 0) is 0 Å². The number of nitriles is 4. The Kier molecular flexibility index (Phi) is 8.43. The van der Waals surface area contributed by atoms with Crippen LogP contribution in [0.5, 0.6) is 0 Å². The summed E-state index contributed by atoms with van der Waals surface area (Å²) in [6.45, 7) is 2.11. The van der Waals surface area contributed by atoms with E-state index in [-0.39, 0.29) is 5.40 Å².